The van der Waals surface area contributed by atoms with Gasteiger partial charge in [0.1, 0.15) is 10.8 Å². The Morgan fingerprint density at radius 2 is 2.23 bits per heavy atom. The average Bonchev–Trinajstić information content (AvgIpc) is 2.17. The zero-order valence-electron chi connectivity index (χ0n) is 6.77. The van der Waals surface area contributed by atoms with Gasteiger partial charge >= 0.3 is 0 Å². The molecule has 5 nitrogen and oxygen atoms in total. The van der Waals surface area contributed by atoms with E-state index in [1.807, 2.05) is 0 Å². The van der Waals surface area contributed by atoms with Gasteiger partial charge in [-0.3, -0.25) is 14.5 Å². The van der Waals surface area contributed by atoms with Crippen molar-refractivity contribution in [3.8, 4) is 0 Å². The minimum atomic E-state index is -0.515. The Bertz CT molecular complexity index is 325. The quantitative estimate of drug-likeness (QED) is 0.645. The van der Waals surface area contributed by atoms with Crippen LogP contribution in [-0.2, 0) is 4.79 Å². The number of aromatic nitrogens is 2. The highest BCUT2D eigenvalue weighted by Crippen LogP contribution is 2.02. The van der Waals surface area contributed by atoms with Crippen LogP contribution in [0, 0.1) is 0 Å². The molecule has 0 saturated carbocycles. The van der Waals surface area contributed by atoms with E-state index in [2.05, 4.69) is 9.97 Å². The Balaban J connectivity index is 2.89. The van der Waals surface area contributed by atoms with Gasteiger partial charge in [0, 0.05) is 7.05 Å². The second-order valence-corrected chi connectivity index (χ2v) is 2.63. The average molecular weight is 200 g/mol. The van der Waals surface area contributed by atoms with Crippen LogP contribution in [0.15, 0.2) is 12.4 Å². The number of hydrogen-bond acceptors (Lipinski definition) is 4. The van der Waals surface area contributed by atoms with E-state index in [-0.39, 0.29) is 10.8 Å². The first-order valence-corrected chi connectivity index (χ1v) is 3.73. The van der Waals surface area contributed by atoms with Gasteiger partial charge in [-0.15, -0.1) is 0 Å². The smallest absolute Gasteiger partial charge is 0.280 e. The molecule has 0 aliphatic carbocycles. The number of nitrogens with zero attached hydrogens (tertiary/aromatic N) is 3. The van der Waals surface area contributed by atoms with Crippen LogP contribution >= 0.6 is 11.6 Å². The normalized spacial score (nSPS) is 9.38. The van der Waals surface area contributed by atoms with Gasteiger partial charge in [-0.1, -0.05) is 11.6 Å². The molecule has 0 aromatic carbocycles. The molecule has 0 radical (unpaired) electrons. The minimum absolute atomic E-state index is 0.0824. The third-order valence-corrected chi connectivity index (χ3v) is 1.51. The lowest BCUT2D eigenvalue weighted by molar-refractivity contribution is -0.115. The largest absolute Gasteiger partial charge is 0.283 e. The van der Waals surface area contributed by atoms with Crippen molar-refractivity contribution >= 4 is 23.9 Å². The van der Waals surface area contributed by atoms with Crippen LogP contribution in [0.3, 0.4) is 0 Å². The van der Waals surface area contributed by atoms with Crippen LogP contribution < -0.4 is 0 Å². The fourth-order valence-electron chi connectivity index (χ4n) is 0.651. The molecule has 68 valence electrons. The summed E-state index contributed by atoms with van der Waals surface area (Å²) in [6.07, 6.45) is 2.86. The molecule has 13 heavy (non-hydrogen) atoms. The molecule has 1 aromatic rings. The SMILES string of the molecule is CN(C=O)C(=O)c1cnc(Cl)cn1. The highest BCUT2D eigenvalue weighted by atomic mass is 35.5. The maximum atomic E-state index is 11.2. The summed E-state index contributed by atoms with van der Waals surface area (Å²) in [7, 11) is 1.34. The van der Waals surface area contributed by atoms with Crippen molar-refractivity contribution < 1.29 is 9.59 Å². The summed E-state index contributed by atoms with van der Waals surface area (Å²) in [4.78, 5) is 29.7. The summed E-state index contributed by atoms with van der Waals surface area (Å²) in [6, 6.07) is 0. The van der Waals surface area contributed by atoms with E-state index in [0.29, 0.717) is 6.41 Å². The fourth-order valence-corrected chi connectivity index (χ4v) is 0.749. The topological polar surface area (TPSA) is 63.2 Å². The first-order valence-electron chi connectivity index (χ1n) is 3.35. The minimum Gasteiger partial charge on any atom is -0.283 e. The molecule has 0 fully saturated rings. The molecule has 1 heterocycles. The van der Waals surface area contributed by atoms with Crippen molar-refractivity contribution in [2.45, 2.75) is 0 Å². The van der Waals surface area contributed by atoms with Crippen LogP contribution in [0.4, 0.5) is 0 Å². The number of amides is 2. The van der Waals surface area contributed by atoms with E-state index in [1.165, 1.54) is 19.4 Å². The van der Waals surface area contributed by atoms with E-state index in [4.69, 9.17) is 11.6 Å². The number of carbonyl (C=O) groups excluding carboxylic acids is 2. The van der Waals surface area contributed by atoms with E-state index in [1.54, 1.807) is 0 Å². The van der Waals surface area contributed by atoms with Crippen LogP contribution in [0.5, 0.6) is 0 Å². The fraction of sp³-hybridized carbons (Fsp3) is 0.143. The summed E-state index contributed by atoms with van der Waals surface area (Å²) in [5.41, 5.74) is 0.0824. The Hall–Kier alpha value is -1.49. The first kappa shape index (κ1) is 9.60. The molecule has 0 aliphatic rings. The molecule has 0 spiro atoms. The second kappa shape index (κ2) is 3.95. The highest BCUT2D eigenvalue weighted by molar-refractivity contribution is 6.29. The van der Waals surface area contributed by atoms with Crippen molar-refractivity contribution in [2.75, 3.05) is 7.05 Å². The number of halogens is 1. The van der Waals surface area contributed by atoms with Crippen LogP contribution in [0.25, 0.3) is 0 Å². The molecule has 0 unspecified atom stereocenters. The molecular formula is C7H6ClN3O2. The molecule has 1 rings (SSSR count). The van der Waals surface area contributed by atoms with Crippen LogP contribution in [0.1, 0.15) is 10.5 Å². The summed E-state index contributed by atoms with van der Waals surface area (Å²) in [5, 5.41) is 0.199. The highest BCUT2D eigenvalue weighted by Gasteiger charge is 2.11. The molecule has 0 saturated heterocycles. The lowest BCUT2D eigenvalue weighted by atomic mass is 10.4. The summed E-state index contributed by atoms with van der Waals surface area (Å²) < 4.78 is 0. The Morgan fingerprint density at radius 3 is 2.69 bits per heavy atom. The monoisotopic (exact) mass is 199 g/mol. The van der Waals surface area contributed by atoms with Crippen molar-refractivity contribution in [1.82, 2.24) is 14.9 Å². The van der Waals surface area contributed by atoms with E-state index >= 15 is 0 Å². The number of carbonyl (C=O) groups is 2. The Kier molecular flexibility index (Phi) is 2.92. The third-order valence-electron chi connectivity index (χ3n) is 1.32. The third kappa shape index (κ3) is 2.22. The predicted molar refractivity (Wildman–Crippen MR) is 45.2 cm³/mol. The van der Waals surface area contributed by atoms with E-state index in [9.17, 15) is 9.59 Å². The molecule has 0 atom stereocenters. The van der Waals surface area contributed by atoms with Crippen molar-refractivity contribution in [3.05, 3.63) is 23.2 Å². The Morgan fingerprint density at radius 1 is 1.54 bits per heavy atom. The zero-order valence-corrected chi connectivity index (χ0v) is 7.52. The molecule has 0 N–H and O–H groups in total. The maximum Gasteiger partial charge on any atom is 0.280 e. The molecule has 6 heteroatoms. The van der Waals surface area contributed by atoms with Gasteiger partial charge in [-0.2, -0.15) is 0 Å². The van der Waals surface area contributed by atoms with Crippen molar-refractivity contribution in [1.29, 1.82) is 0 Å². The summed E-state index contributed by atoms with van der Waals surface area (Å²) >= 11 is 5.46. The van der Waals surface area contributed by atoms with Crippen LogP contribution in [-0.4, -0.2) is 34.2 Å². The van der Waals surface area contributed by atoms with Crippen molar-refractivity contribution in [2.24, 2.45) is 0 Å². The van der Waals surface area contributed by atoms with Gasteiger partial charge in [0.15, 0.2) is 0 Å². The maximum absolute atomic E-state index is 11.2. The number of rotatable bonds is 2. The molecular weight excluding hydrogens is 194 g/mol. The van der Waals surface area contributed by atoms with Gasteiger partial charge in [0.25, 0.3) is 5.91 Å². The van der Waals surface area contributed by atoms with Gasteiger partial charge < -0.3 is 0 Å². The predicted octanol–water partition coefficient (Wildman–Crippen LogP) is 0.358. The van der Waals surface area contributed by atoms with Gasteiger partial charge in [-0.05, 0) is 0 Å². The lowest BCUT2D eigenvalue weighted by Gasteiger charge is -2.06. The zero-order chi connectivity index (χ0) is 9.84. The number of hydrogen-bond donors (Lipinski definition) is 0. The lowest BCUT2D eigenvalue weighted by Crippen LogP contribution is -2.25. The number of imide groups is 1. The molecule has 1 aromatic heterocycles. The standard InChI is InChI=1S/C7H6ClN3O2/c1-11(4-12)7(13)5-2-10-6(8)3-9-5/h2-4H,1H3. The van der Waals surface area contributed by atoms with Gasteiger partial charge in [0.2, 0.25) is 6.41 Å². The van der Waals surface area contributed by atoms with E-state index in [0.717, 1.165) is 4.90 Å². The Labute approximate surface area is 79.4 Å². The molecule has 0 aliphatic heterocycles. The van der Waals surface area contributed by atoms with Crippen LogP contribution in [0.2, 0.25) is 5.15 Å². The summed E-state index contributed by atoms with van der Waals surface area (Å²) in [5.74, 6) is -0.515. The first-order chi connectivity index (χ1) is 6.15. The van der Waals surface area contributed by atoms with E-state index < -0.39 is 5.91 Å². The summed E-state index contributed by atoms with van der Waals surface area (Å²) in [6.45, 7) is 0. The van der Waals surface area contributed by atoms with Crippen molar-refractivity contribution in [3.63, 3.8) is 0 Å². The van der Waals surface area contributed by atoms with Gasteiger partial charge in [-0.25, -0.2) is 9.97 Å². The molecule has 2 amide bonds. The molecule has 0 bridgehead atoms. The van der Waals surface area contributed by atoms with Gasteiger partial charge in [0.05, 0.1) is 12.4 Å². The second-order valence-electron chi connectivity index (χ2n) is 2.25.